The molecule has 1 saturated heterocycles. The van der Waals surface area contributed by atoms with Crippen LogP contribution in [-0.2, 0) is 9.53 Å². The highest BCUT2D eigenvalue weighted by Crippen LogP contribution is 2.38. The molecular formula is C24H44IN5O3. The van der Waals surface area contributed by atoms with Crippen LogP contribution in [0, 0.1) is 17.8 Å². The molecule has 0 aromatic heterocycles. The number of halogens is 1. The van der Waals surface area contributed by atoms with Gasteiger partial charge >= 0.3 is 6.09 Å². The van der Waals surface area contributed by atoms with Crippen molar-refractivity contribution in [3.05, 3.63) is 0 Å². The Morgan fingerprint density at radius 3 is 2.36 bits per heavy atom. The van der Waals surface area contributed by atoms with Gasteiger partial charge in [0.25, 0.3) is 0 Å². The summed E-state index contributed by atoms with van der Waals surface area (Å²) < 4.78 is 5.48. The Morgan fingerprint density at radius 1 is 1.03 bits per heavy atom. The highest BCUT2D eigenvalue weighted by molar-refractivity contribution is 14.0. The van der Waals surface area contributed by atoms with Gasteiger partial charge in [-0.05, 0) is 58.3 Å². The molecule has 33 heavy (non-hydrogen) atoms. The van der Waals surface area contributed by atoms with Crippen molar-refractivity contribution in [3.8, 4) is 0 Å². The largest absolute Gasteiger partial charge is 0.444 e. The van der Waals surface area contributed by atoms with Gasteiger partial charge in [-0.1, -0.05) is 19.8 Å². The van der Waals surface area contributed by atoms with Crippen LogP contribution in [0.2, 0.25) is 0 Å². The summed E-state index contributed by atoms with van der Waals surface area (Å²) in [6.07, 6.45) is 6.64. The summed E-state index contributed by atoms with van der Waals surface area (Å²) in [5, 5.41) is 6.82. The highest BCUT2D eigenvalue weighted by Gasteiger charge is 2.44. The molecule has 190 valence electrons. The van der Waals surface area contributed by atoms with Crippen LogP contribution in [0.3, 0.4) is 0 Å². The van der Waals surface area contributed by atoms with Crippen molar-refractivity contribution in [1.82, 2.24) is 20.4 Å². The van der Waals surface area contributed by atoms with Crippen molar-refractivity contribution in [2.45, 2.75) is 83.9 Å². The second-order valence-corrected chi connectivity index (χ2v) is 11.1. The summed E-state index contributed by atoms with van der Waals surface area (Å²) in [4.78, 5) is 33.2. The first kappa shape index (κ1) is 28.0. The maximum Gasteiger partial charge on any atom is 0.407 e. The predicted molar refractivity (Wildman–Crippen MR) is 142 cm³/mol. The second kappa shape index (κ2) is 11.9. The molecule has 5 unspecified atom stereocenters. The first-order valence-corrected chi connectivity index (χ1v) is 12.3. The van der Waals surface area contributed by atoms with E-state index < -0.39 is 5.60 Å². The topological polar surface area (TPSA) is 86.3 Å². The monoisotopic (exact) mass is 577 g/mol. The fraction of sp³-hybridized carbons (Fsp3) is 0.875. The lowest BCUT2D eigenvalue weighted by atomic mass is 9.86. The van der Waals surface area contributed by atoms with Gasteiger partial charge in [0.05, 0.1) is 0 Å². The van der Waals surface area contributed by atoms with Crippen molar-refractivity contribution in [2.75, 3.05) is 33.7 Å². The second-order valence-electron chi connectivity index (χ2n) is 11.1. The molecule has 2 amide bonds. The minimum atomic E-state index is -0.497. The van der Waals surface area contributed by atoms with Crippen molar-refractivity contribution >= 4 is 41.9 Å². The molecule has 9 heteroatoms. The molecule has 8 nitrogen and oxygen atoms in total. The first-order chi connectivity index (χ1) is 15.0. The molecule has 0 aromatic rings. The lowest BCUT2D eigenvalue weighted by Crippen LogP contribution is -2.49. The van der Waals surface area contributed by atoms with E-state index in [0.717, 1.165) is 38.3 Å². The van der Waals surface area contributed by atoms with E-state index in [0.29, 0.717) is 23.8 Å². The average Bonchev–Trinajstić information content (AvgIpc) is 3.26. The Balaban J connectivity index is 0.00000385. The number of carbonyl (C=O) groups excluding carboxylic acids is 2. The first-order valence-electron chi connectivity index (χ1n) is 12.3. The molecule has 0 bridgehead atoms. The smallest absolute Gasteiger partial charge is 0.407 e. The zero-order chi connectivity index (χ0) is 23.5. The van der Waals surface area contributed by atoms with E-state index in [9.17, 15) is 9.59 Å². The summed E-state index contributed by atoms with van der Waals surface area (Å²) >= 11 is 0. The van der Waals surface area contributed by atoms with E-state index >= 15 is 0 Å². The number of hydrogen-bond acceptors (Lipinski definition) is 4. The van der Waals surface area contributed by atoms with E-state index in [1.165, 1.54) is 19.3 Å². The fourth-order valence-electron chi connectivity index (χ4n) is 5.29. The number of hydrogen-bond donors (Lipinski definition) is 2. The normalized spacial score (nSPS) is 29.7. The van der Waals surface area contributed by atoms with Crippen molar-refractivity contribution < 1.29 is 14.3 Å². The number of alkyl carbamates (subject to hydrolysis) is 1. The summed E-state index contributed by atoms with van der Waals surface area (Å²) in [7, 11) is 3.53. The number of nitrogens with one attached hydrogen (secondary N) is 2. The zero-order valence-electron chi connectivity index (χ0n) is 21.2. The van der Waals surface area contributed by atoms with Crippen LogP contribution in [0.4, 0.5) is 4.79 Å². The number of guanidine groups is 1. The molecular weight excluding hydrogens is 533 g/mol. The molecule has 3 rings (SSSR count). The van der Waals surface area contributed by atoms with Crippen LogP contribution >= 0.6 is 24.0 Å². The molecule has 3 fully saturated rings. The third-order valence-electron chi connectivity index (χ3n) is 7.15. The Bertz CT molecular complexity index is 709. The number of nitrogens with zero attached hydrogens (tertiary/aromatic N) is 3. The Labute approximate surface area is 216 Å². The van der Waals surface area contributed by atoms with Crippen molar-refractivity contribution in [2.24, 2.45) is 22.7 Å². The average molecular weight is 578 g/mol. The maximum atomic E-state index is 12.3. The van der Waals surface area contributed by atoms with Gasteiger partial charge in [0.1, 0.15) is 12.1 Å². The predicted octanol–water partition coefficient (Wildman–Crippen LogP) is 3.45. The Hall–Kier alpha value is -1.26. The molecule has 1 heterocycles. The van der Waals surface area contributed by atoms with E-state index in [2.05, 4.69) is 22.5 Å². The van der Waals surface area contributed by atoms with Gasteiger partial charge in [-0.25, -0.2) is 9.79 Å². The molecule has 2 saturated carbocycles. The molecule has 2 N–H and O–H groups in total. The van der Waals surface area contributed by atoms with Crippen LogP contribution in [0.15, 0.2) is 4.99 Å². The van der Waals surface area contributed by atoms with E-state index in [1.54, 1.807) is 19.0 Å². The molecule has 3 aliphatic rings. The van der Waals surface area contributed by atoms with Gasteiger partial charge in [0, 0.05) is 45.2 Å². The van der Waals surface area contributed by atoms with E-state index in [-0.39, 0.29) is 48.6 Å². The lowest BCUT2D eigenvalue weighted by molar-refractivity contribution is -0.127. The number of aliphatic imine (C=N–C) groups is 1. The van der Waals surface area contributed by atoms with E-state index in [4.69, 9.17) is 9.73 Å². The third kappa shape index (κ3) is 7.89. The molecule has 0 aromatic carbocycles. The molecule has 5 atom stereocenters. The highest BCUT2D eigenvalue weighted by atomic mass is 127. The minimum Gasteiger partial charge on any atom is -0.444 e. The van der Waals surface area contributed by atoms with Crippen molar-refractivity contribution in [1.29, 1.82) is 0 Å². The quantitative estimate of drug-likeness (QED) is 0.304. The van der Waals surface area contributed by atoms with Crippen LogP contribution in [0.25, 0.3) is 0 Å². The van der Waals surface area contributed by atoms with Gasteiger partial charge in [-0.15, -0.1) is 24.0 Å². The van der Waals surface area contributed by atoms with E-state index in [1.807, 2.05) is 20.8 Å². The van der Waals surface area contributed by atoms with Gasteiger partial charge in [0.2, 0.25) is 5.91 Å². The third-order valence-corrected chi connectivity index (χ3v) is 7.15. The van der Waals surface area contributed by atoms with Crippen LogP contribution in [0.1, 0.15) is 66.2 Å². The lowest BCUT2D eigenvalue weighted by Gasteiger charge is -2.34. The number of carbonyl (C=O) groups is 2. The molecule has 2 aliphatic carbocycles. The maximum absolute atomic E-state index is 12.3. The number of rotatable bonds is 4. The number of likely N-dealkylation sites (tertiary alicyclic amines) is 1. The minimum absolute atomic E-state index is 0. The fourth-order valence-corrected chi connectivity index (χ4v) is 5.29. The van der Waals surface area contributed by atoms with Crippen LogP contribution in [-0.4, -0.2) is 79.2 Å². The zero-order valence-corrected chi connectivity index (χ0v) is 23.6. The van der Waals surface area contributed by atoms with Crippen LogP contribution in [0.5, 0.6) is 0 Å². The summed E-state index contributed by atoms with van der Waals surface area (Å²) in [6, 6.07) is 0.520. The van der Waals surface area contributed by atoms with Crippen molar-refractivity contribution in [3.63, 3.8) is 0 Å². The van der Waals surface area contributed by atoms with Gasteiger partial charge in [0.15, 0.2) is 5.96 Å². The number of fused-ring (bicyclic) bond motifs is 1. The number of likely N-dealkylation sites (N-methyl/N-ethyl adjacent to an activating group) is 1. The molecule has 0 spiro atoms. The van der Waals surface area contributed by atoms with Gasteiger partial charge < -0.3 is 25.2 Å². The number of ether oxygens (including phenoxy) is 1. The molecule has 0 radical (unpaired) electrons. The SMILES string of the molecule is CC1CCCCC1NC(=NCC(=O)N(C)C)N1CC2CCC(NC(=O)OC(C)(C)C)C2C1.I. The standard InChI is InChI=1S/C24H43N5O3.HI/c1-16-9-7-8-10-19(16)26-22(25-13-21(30)28(5)6)29-14-17-11-12-20(18(17)15-29)27-23(31)32-24(2,3)4;/h16-20H,7-15H2,1-6H3,(H,25,26)(H,27,31);1H. The number of amides is 2. The summed E-state index contributed by atoms with van der Waals surface area (Å²) in [5.74, 6) is 2.36. The van der Waals surface area contributed by atoms with Gasteiger partial charge in [-0.3, -0.25) is 4.79 Å². The van der Waals surface area contributed by atoms with Gasteiger partial charge in [-0.2, -0.15) is 0 Å². The Kier molecular flexibility index (Phi) is 10.1. The Morgan fingerprint density at radius 2 is 1.73 bits per heavy atom. The molecule has 1 aliphatic heterocycles. The summed E-state index contributed by atoms with van der Waals surface area (Å²) in [5.41, 5.74) is -0.497. The summed E-state index contributed by atoms with van der Waals surface area (Å²) in [6.45, 7) is 9.88. The van der Waals surface area contributed by atoms with Crippen LogP contribution < -0.4 is 10.6 Å².